The molecule has 0 aliphatic heterocycles. The molecule has 0 fully saturated rings. The number of carbonyl (C=O) groups excluding carboxylic acids is 1. The first-order chi connectivity index (χ1) is 11.9. The van der Waals surface area contributed by atoms with Gasteiger partial charge in [0.2, 0.25) is 0 Å². The zero-order valence-electron chi connectivity index (χ0n) is 15.7. The average Bonchev–Trinajstić information content (AvgIpc) is 2.59. The molecule has 0 bridgehead atoms. The number of carbonyl (C=O) groups is 1. The van der Waals surface area contributed by atoms with E-state index in [0.717, 1.165) is 22.7 Å². The summed E-state index contributed by atoms with van der Waals surface area (Å²) in [5, 5.41) is 0.726. The van der Waals surface area contributed by atoms with Crippen molar-refractivity contribution in [1.82, 2.24) is 4.72 Å². The molecule has 0 spiro atoms. The fourth-order valence-electron chi connectivity index (χ4n) is 2.06. The number of halogens is 1. The normalized spacial score (nSPS) is 9.44. The summed E-state index contributed by atoms with van der Waals surface area (Å²) in [5.74, 6) is 0. The van der Waals surface area contributed by atoms with Gasteiger partial charge in [0.05, 0.1) is 0 Å². The van der Waals surface area contributed by atoms with Gasteiger partial charge in [-0.1, -0.05) is 44.7 Å². The van der Waals surface area contributed by atoms with Gasteiger partial charge in [-0.2, -0.15) is 0 Å². The smallest absolute Gasteiger partial charge is 0.150 e. The van der Waals surface area contributed by atoms with E-state index in [-0.39, 0.29) is 0 Å². The topological polar surface area (TPSA) is 32.3 Å². The van der Waals surface area contributed by atoms with E-state index >= 15 is 0 Å². The van der Waals surface area contributed by atoms with Crippen molar-refractivity contribution in [2.45, 2.75) is 40.2 Å². The maximum atomic E-state index is 10.7. The highest BCUT2D eigenvalue weighted by molar-refractivity contribution is 7.78. The lowest BCUT2D eigenvalue weighted by Gasteiger charge is -2.29. The quantitative estimate of drug-likeness (QED) is 0.491. The first kappa shape index (κ1) is 23.5. The van der Waals surface area contributed by atoms with Crippen molar-refractivity contribution in [3.63, 3.8) is 0 Å². The van der Waals surface area contributed by atoms with E-state index in [1.165, 1.54) is 6.42 Å². The monoisotopic (exact) mass is 380 g/mol. The Morgan fingerprint density at radius 2 is 1.40 bits per heavy atom. The van der Waals surface area contributed by atoms with E-state index in [4.69, 9.17) is 11.6 Å². The molecule has 0 atom stereocenters. The van der Waals surface area contributed by atoms with Crippen LogP contribution in [0.25, 0.3) is 0 Å². The molecule has 0 aliphatic carbocycles. The van der Waals surface area contributed by atoms with Gasteiger partial charge in [0.15, 0.2) is 0 Å². The number of hydrogen-bond donors (Lipinski definition) is 2. The number of hydrogen-bond acceptors (Lipinski definition) is 4. The molecule has 5 heteroatoms. The van der Waals surface area contributed by atoms with E-state index in [1.54, 1.807) is 7.05 Å². The standard InChI is InChI=1S/C16H16ClNO.C3H8.CH5NS/c1-12(2)18(16-9-5-14(17)6-10-16)15-7-3-13(11-19)4-8-15;1-3-2;1-2-3/h3-12H,1-2H3;3H2,1-2H3;2-3H,1H3. The Balaban J connectivity index is 0.000000844. The molecule has 0 amide bonds. The lowest BCUT2D eigenvalue weighted by atomic mass is 10.1. The van der Waals surface area contributed by atoms with Crippen LogP contribution in [0.5, 0.6) is 0 Å². The number of benzene rings is 2. The Kier molecular flexibility index (Phi) is 12.9. The Morgan fingerprint density at radius 1 is 1.04 bits per heavy atom. The van der Waals surface area contributed by atoms with E-state index in [9.17, 15) is 4.79 Å². The number of anilines is 2. The van der Waals surface area contributed by atoms with Crippen molar-refractivity contribution in [2.75, 3.05) is 11.9 Å². The maximum absolute atomic E-state index is 10.7. The highest BCUT2D eigenvalue weighted by atomic mass is 35.5. The van der Waals surface area contributed by atoms with Gasteiger partial charge in [0.25, 0.3) is 0 Å². The molecule has 0 heterocycles. The van der Waals surface area contributed by atoms with Crippen molar-refractivity contribution in [3.05, 3.63) is 59.1 Å². The third-order valence-electron chi connectivity index (χ3n) is 2.93. The fourth-order valence-corrected chi connectivity index (χ4v) is 2.19. The SMILES string of the molecule is CC(C)N(c1ccc(Cl)cc1)c1ccc(C=O)cc1.CCC.CNS. The third-order valence-corrected chi connectivity index (χ3v) is 3.18. The second kappa shape index (κ2) is 13.8. The highest BCUT2D eigenvalue weighted by Crippen LogP contribution is 2.28. The van der Waals surface area contributed by atoms with Gasteiger partial charge >= 0.3 is 0 Å². The Morgan fingerprint density at radius 3 is 1.72 bits per heavy atom. The minimum atomic E-state index is 0.309. The summed E-state index contributed by atoms with van der Waals surface area (Å²) in [6, 6.07) is 15.6. The lowest BCUT2D eigenvalue weighted by Crippen LogP contribution is -2.25. The van der Waals surface area contributed by atoms with Crippen LogP contribution in [0.1, 0.15) is 44.5 Å². The summed E-state index contributed by atoms with van der Waals surface area (Å²) in [5.41, 5.74) is 2.82. The van der Waals surface area contributed by atoms with E-state index < -0.39 is 0 Å². The van der Waals surface area contributed by atoms with Crippen molar-refractivity contribution in [1.29, 1.82) is 0 Å². The molecule has 0 unspecified atom stereocenters. The number of thiol groups is 1. The number of rotatable bonds is 4. The zero-order valence-corrected chi connectivity index (χ0v) is 17.3. The molecule has 25 heavy (non-hydrogen) atoms. The number of nitrogens with one attached hydrogen (secondary N) is 1. The molecular weight excluding hydrogens is 352 g/mol. The fraction of sp³-hybridized carbons (Fsp3) is 0.350. The van der Waals surface area contributed by atoms with Crippen LogP contribution >= 0.6 is 24.4 Å². The van der Waals surface area contributed by atoms with Gasteiger partial charge < -0.3 is 4.90 Å². The van der Waals surface area contributed by atoms with Crippen molar-refractivity contribution >= 4 is 42.1 Å². The Labute approximate surface area is 162 Å². The van der Waals surface area contributed by atoms with E-state index in [2.05, 4.69) is 50.1 Å². The number of aldehydes is 1. The molecule has 0 aliphatic rings. The second-order valence-corrected chi connectivity index (χ2v) is 6.46. The van der Waals surface area contributed by atoms with Crippen molar-refractivity contribution in [2.24, 2.45) is 0 Å². The first-order valence-electron chi connectivity index (χ1n) is 8.35. The summed E-state index contributed by atoms with van der Waals surface area (Å²) >= 11 is 9.46. The van der Waals surface area contributed by atoms with Crippen LogP contribution in [0.3, 0.4) is 0 Å². The Bertz CT molecular complexity index is 584. The Hall–Kier alpha value is -1.49. The van der Waals surface area contributed by atoms with E-state index in [1.807, 2.05) is 48.5 Å². The maximum Gasteiger partial charge on any atom is 0.150 e. The van der Waals surface area contributed by atoms with Crippen LogP contribution < -0.4 is 9.62 Å². The van der Waals surface area contributed by atoms with Gasteiger partial charge in [0.1, 0.15) is 6.29 Å². The van der Waals surface area contributed by atoms with Gasteiger partial charge in [-0.25, -0.2) is 0 Å². The molecule has 0 saturated heterocycles. The minimum absolute atomic E-state index is 0.309. The second-order valence-electron chi connectivity index (χ2n) is 5.58. The van der Waals surface area contributed by atoms with Crippen LogP contribution in [0.4, 0.5) is 11.4 Å². The van der Waals surface area contributed by atoms with Crippen LogP contribution in [0, 0.1) is 0 Å². The van der Waals surface area contributed by atoms with Crippen LogP contribution in [-0.2, 0) is 0 Å². The molecule has 3 nitrogen and oxygen atoms in total. The third kappa shape index (κ3) is 8.96. The van der Waals surface area contributed by atoms with Gasteiger partial charge in [-0.15, -0.1) is 0 Å². The molecule has 2 aromatic rings. The molecular formula is C20H29ClN2OS. The average molecular weight is 381 g/mol. The molecule has 0 radical (unpaired) electrons. The molecule has 0 saturated carbocycles. The number of nitrogens with zero attached hydrogens (tertiary/aromatic N) is 1. The molecule has 2 aromatic carbocycles. The molecule has 1 N–H and O–H groups in total. The summed E-state index contributed by atoms with van der Waals surface area (Å²) in [4.78, 5) is 12.9. The van der Waals surface area contributed by atoms with Crippen molar-refractivity contribution < 1.29 is 4.79 Å². The predicted octanol–water partition coefficient (Wildman–Crippen LogP) is 6.17. The molecule has 138 valence electrons. The largest absolute Gasteiger partial charge is 0.339 e. The molecule has 2 rings (SSSR count). The zero-order chi connectivity index (χ0) is 19.2. The summed E-state index contributed by atoms with van der Waals surface area (Å²) in [7, 11) is 1.74. The van der Waals surface area contributed by atoms with Gasteiger partial charge in [-0.3, -0.25) is 9.52 Å². The summed E-state index contributed by atoms with van der Waals surface area (Å²) in [6.07, 6.45) is 2.10. The van der Waals surface area contributed by atoms with Crippen molar-refractivity contribution in [3.8, 4) is 0 Å². The highest BCUT2D eigenvalue weighted by Gasteiger charge is 2.12. The van der Waals surface area contributed by atoms with Crippen LogP contribution in [-0.4, -0.2) is 19.4 Å². The summed E-state index contributed by atoms with van der Waals surface area (Å²) < 4.78 is 2.44. The molecule has 0 aromatic heterocycles. The van der Waals surface area contributed by atoms with Crippen LogP contribution in [0.2, 0.25) is 5.02 Å². The van der Waals surface area contributed by atoms with Gasteiger partial charge in [0, 0.05) is 28.0 Å². The predicted molar refractivity (Wildman–Crippen MR) is 115 cm³/mol. The van der Waals surface area contributed by atoms with Crippen LogP contribution in [0.15, 0.2) is 48.5 Å². The minimum Gasteiger partial charge on any atom is -0.339 e. The lowest BCUT2D eigenvalue weighted by molar-refractivity contribution is 0.112. The summed E-state index contributed by atoms with van der Waals surface area (Å²) in [6.45, 7) is 8.50. The van der Waals surface area contributed by atoms with E-state index in [0.29, 0.717) is 11.6 Å². The van der Waals surface area contributed by atoms with Gasteiger partial charge in [-0.05, 0) is 69.4 Å². The first-order valence-corrected chi connectivity index (χ1v) is 9.18.